The Morgan fingerprint density at radius 2 is 1.75 bits per heavy atom. The Hall–Kier alpha value is -1.68. The van der Waals surface area contributed by atoms with Crippen LogP contribution < -0.4 is 10.5 Å². The van der Waals surface area contributed by atoms with Crippen molar-refractivity contribution in [1.82, 2.24) is 19.5 Å². The fraction of sp³-hybridized carbons (Fsp3) is 0.722. The maximum atomic E-state index is 11.3. The molecule has 180 valence electrons. The van der Waals surface area contributed by atoms with E-state index in [1.54, 1.807) is 13.4 Å². The molecule has 2 aromatic heterocycles. The Morgan fingerprint density at radius 3 is 2.44 bits per heavy atom. The number of hydrogen-bond acceptors (Lipinski definition) is 9. The highest BCUT2D eigenvalue weighted by molar-refractivity contribution is 7.64. The van der Waals surface area contributed by atoms with Gasteiger partial charge in [0.15, 0.2) is 11.2 Å². The van der Waals surface area contributed by atoms with Gasteiger partial charge >= 0.3 is 15.6 Å². The zero-order chi connectivity index (χ0) is 23.4. The predicted octanol–water partition coefficient (Wildman–Crippen LogP) is 3.06. The third kappa shape index (κ3) is 9.85. The molecule has 0 radical (unpaired) electrons. The maximum Gasteiger partial charge on any atom is 0.521 e. The molecule has 0 aliphatic heterocycles. The maximum absolute atomic E-state index is 11.3. The summed E-state index contributed by atoms with van der Waals surface area (Å²) in [5.74, 6) is -0.213. The number of rotatable bonds is 17. The quantitative estimate of drug-likeness (QED) is 0.219. The number of unbranched alkanes of at least 4 members (excludes halogenated alkanes) is 6. The summed E-state index contributed by atoms with van der Waals surface area (Å²) < 4.78 is 39.5. The summed E-state index contributed by atoms with van der Waals surface area (Å²) in [6.45, 7) is 1.82. The van der Waals surface area contributed by atoms with Crippen molar-refractivity contribution in [3.05, 3.63) is 6.33 Å². The summed E-state index contributed by atoms with van der Waals surface area (Å²) >= 11 is 0. The Balaban J connectivity index is 1.61. The molecule has 0 aliphatic carbocycles. The second-order valence-corrected chi connectivity index (χ2v) is 10.7. The van der Waals surface area contributed by atoms with E-state index < -0.39 is 21.5 Å². The molecule has 0 saturated heterocycles. The van der Waals surface area contributed by atoms with Crippen LogP contribution in [-0.2, 0) is 24.9 Å². The number of aromatic nitrogens is 4. The van der Waals surface area contributed by atoms with Crippen LogP contribution in [0.3, 0.4) is 0 Å². The Bertz CT molecular complexity index is 905. The average Bonchev–Trinajstić information content (AvgIpc) is 3.11. The van der Waals surface area contributed by atoms with Crippen LogP contribution in [0.4, 0.5) is 5.95 Å². The molecule has 2 rings (SSSR count). The van der Waals surface area contributed by atoms with E-state index in [1.165, 1.54) is 0 Å². The van der Waals surface area contributed by atoms with Crippen molar-refractivity contribution in [2.75, 3.05) is 38.6 Å². The molecule has 2 aromatic rings. The van der Waals surface area contributed by atoms with Crippen LogP contribution in [-0.4, -0.2) is 62.1 Å². The van der Waals surface area contributed by atoms with Gasteiger partial charge in [0.2, 0.25) is 11.8 Å². The molecular weight excluding hydrogens is 460 g/mol. The van der Waals surface area contributed by atoms with Crippen LogP contribution in [0.2, 0.25) is 0 Å². The molecule has 0 saturated carbocycles. The van der Waals surface area contributed by atoms with Crippen LogP contribution in [0, 0.1) is 0 Å². The van der Waals surface area contributed by atoms with Crippen molar-refractivity contribution in [3.8, 4) is 5.88 Å². The van der Waals surface area contributed by atoms with Gasteiger partial charge in [0.1, 0.15) is 13.2 Å². The number of nitrogen functional groups attached to an aromatic ring is 1. The lowest BCUT2D eigenvalue weighted by Gasteiger charge is -2.07. The first-order valence-electron chi connectivity index (χ1n) is 10.5. The number of hydrogen-bond donors (Lipinski definition) is 3. The molecule has 12 nitrogen and oxygen atoms in total. The van der Waals surface area contributed by atoms with Gasteiger partial charge in [0, 0.05) is 13.7 Å². The van der Waals surface area contributed by atoms with Crippen molar-refractivity contribution in [2.24, 2.45) is 0 Å². The largest absolute Gasteiger partial charge is 0.521 e. The number of nitrogens with two attached hydrogens (primary N) is 1. The lowest BCUT2D eigenvalue weighted by molar-refractivity contribution is 0.144. The van der Waals surface area contributed by atoms with E-state index in [0.717, 1.165) is 51.5 Å². The number of methoxy groups -OCH3 is 1. The monoisotopic (exact) mass is 492 g/mol. The molecule has 32 heavy (non-hydrogen) atoms. The summed E-state index contributed by atoms with van der Waals surface area (Å²) in [4.78, 5) is 30.2. The number of aryl methyl sites for hydroxylation is 1. The summed E-state index contributed by atoms with van der Waals surface area (Å²) in [7, 11) is -4.98. The molecule has 0 aromatic carbocycles. The third-order valence-corrected chi connectivity index (χ3v) is 7.42. The fourth-order valence-electron chi connectivity index (χ4n) is 3.05. The SMILES string of the molecule is COCCOc1nc(N)nc2c1ncn2CCCCCCCCCO[P+](=O)CP(=O)(O)O. The first-order valence-corrected chi connectivity index (χ1v) is 13.7. The zero-order valence-electron chi connectivity index (χ0n) is 18.3. The van der Waals surface area contributed by atoms with Crippen LogP contribution in [0.1, 0.15) is 44.9 Å². The second kappa shape index (κ2) is 13.8. The minimum atomic E-state index is -4.28. The van der Waals surface area contributed by atoms with Crippen molar-refractivity contribution >= 4 is 32.7 Å². The second-order valence-electron chi connectivity index (χ2n) is 7.29. The highest BCUT2D eigenvalue weighted by Gasteiger charge is 2.30. The molecule has 1 unspecified atom stereocenters. The lowest BCUT2D eigenvalue weighted by atomic mass is 10.1. The number of nitrogens with zero attached hydrogens (tertiary/aromatic N) is 4. The molecule has 1 atom stereocenters. The van der Waals surface area contributed by atoms with Gasteiger partial charge in [-0.05, 0) is 17.4 Å². The molecule has 0 amide bonds. The molecule has 0 spiro atoms. The van der Waals surface area contributed by atoms with Crippen molar-refractivity contribution in [2.45, 2.75) is 51.5 Å². The topological polar surface area (TPSA) is 172 Å². The first kappa shape index (κ1) is 26.6. The van der Waals surface area contributed by atoms with Gasteiger partial charge in [0.05, 0.1) is 12.9 Å². The minimum Gasteiger partial charge on any atom is -0.474 e. The van der Waals surface area contributed by atoms with Gasteiger partial charge in [0.25, 0.3) is 5.90 Å². The minimum absolute atomic E-state index is 0.141. The third-order valence-electron chi connectivity index (χ3n) is 4.55. The van der Waals surface area contributed by atoms with E-state index >= 15 is 0 Å². The summed E-state index contributed by atoms with van der Waals surface area (Å²) in [6.07, 6.45) is 8.59. The average molecular weight is 492 g/mol. The van der Waals surface area contributed by atoms with Crippen molar-refractivity contribution in [3.63, 3.8) is 0 Å². The van der Waals surface area contributed by atoms with E-state index in [2.05, 4.69) is 15.0 Å². The number of imidazole rings is 1. The van der Waals surface area contributed by atoms with E-state index in [1.807, 2.05) is 4.57 Å². The van der Waals surface area contributed by atoms with Crippen molar-refractivity contribution in [1.29, 1.82) is 0 Å². The van der Waals surface area contributed by atoms with E-state index in [0.29, 0.717) is 30.3 Å². The highest BCUT2D eigenvalue weighted by Crippen LogP contribution is 2.45. The Labute approximate surface area is 187 Å². The zero-order valence-corrected chi connectivity index (χ0v) is 20.0. The van der Waals surface area contributed by atoms with Gasteiger partial charge < -0.3 is 29.6 Å². The lowest BCUT2D eigenvalue weighted by Crippen LogP contribution is -2.08. The van der Waals surface area contributed by atoms with Crippen LogP contribution in [0.15, 0.2) is 6.33 Å². The molecule has 0 fully saturated rings. The molecule has 14 heteroatoms. The first-order chi connectivity index (χ1) is 15.3. The number of anilines is 1. The molecular formula is C18H32N5O7P2+. The summed E-state index contributed by atoms with van der Waals surface area (Å²) in [5.41, 5.74) is 7.05. The van der Waals surface area contributed by atoms with E-state index in [9.17, 15) is 9.13 Å². The molecule has 2 heterocycles. The van der Waals surface area contributed by atoms with Crippen LogP contribution in [0.25, 0.3) is 11.2 Å². The fourth-order valence-corrected chi connectivity index (χ4v) is 4.91. The number of fused-ring (bicyclic) bond motifs is 1. The van der Waals surface area contributed by atoms with Gasteiger partial charge in [-0.2, -0.15) is 9.97 Å². The van der Waals surface area contributed by atoms with E-state index in [-0.39, 0.29) is 12.6 Å². The molecule has 4 N–H and O–H groups in total. The van der Waals surface area contributed by atoms with Crippen molar-refractivity contribution < 1.29 is 32.9 Å². The predicted molar refractivity (Wildman–Crippen MR) is 120 cm³/mol. The number of ether oxygens (including phenoxy) is 2. The van der Waals surface area contributed by atoms with Gasteiger partial charge in [-0.3, -0.25) is 4.57 Å². The smallest absolute Gasteiger partial charge is 0.474 e. The summed E-state index contributed by atoms with van der Waals surface area (Å²) in [6, 6.07) is 0. The normalized spacial score (nSPS) is 12.4. The van der Waals surface area contributed by atoms with Gasteiger partial charge in [-0.1, -0.05) is 32.1 Å². The molecule has 0 aliphatic rings. The Morgan fingerprint density at radius 1 is 1.06 bits per heavy atom. The van der Waals surface area contributed by atoms with E-state index in [4.69, 9.17) is 29.5 Å². The van der Waals surface area contributed by atoms with Gasteiger partial charge in [-0.25, -0.2) is 4.98 Å². The van der Waals surface area contributed by atoms with Crippen LogP contribution >= 0.6 is 15.6 Å². The Kier molecular flexibility index (Phi) is 11.4. The summed E-state index contributed by atoms with van der Waals surface area (Å²) in [5, 5.41) is 0. The van der Waals surface area contributed by atoms with Gasteiger partial charge in [-0.15, -0.1) is 4.52 Å². The highest BCUT2D eigenvalue weighted by atomic mass is 31.2. The molecule has 0 bridgehead atoms. The standard InChI is InChI=1S/C18H31N5O7P2/c1-28-11-12-29-17-15-16(21-18(19)22-17)23(13-20-15)9-7-5-3-2-4-6-8-10-30-31(24)14-32(25,26)27/h13H,2-12,14H2,1H3,(H3-,19,21,22,25,26,27)/p+1. The van der Waals surface area contributed by atoms with Crippen LogP contribution in [0.5, 0.6) is 5.88 Å².